The van der Waals surface area contributed by atoms with Crippen LogP contribution in [0.1, 0.15) is 48.7 Å². The Balaban J connectivity index is 1.39. The van der Waals surface area contributed by atoms with Crippen molar-refractivity contribution in [2.45, 2.75) is 52.1 Å². The number of hydrogen-bond acceptors (Lipinski definition) is 4. The largest absolute Gasteiger partial charge is 0.310 e. The van der Waals surface area contributed by atoms with E-state index in [0.717, 1.165) is 41.3 Å². The van der Waals surface area contributed by atoms with E-state index >= 15 is 0 Å². The van der Waals surface area contributed by atoms with E-state index < -0.39 is 0 Å². The molecule has 0 atom stereocenters. The van der Waals surface area contributed by atoms with Crippen LogP contribution in [0.2, 0.25) is 0 Å². The minimum absolute atomic E-state index is 0.0250. The topological polar surface area (TPSA) is 68.0 Å². The molecule has 1 saturated carbocycles. The molecule has 7 nitrogen and oxygen atoms in total. The lowest BCUT2D eigenvalue weighted by Crippen LogP contribution is -2.31. The van der Waals surface area contributed by atoms with Gasteiger partial charge in [-0.25, -0.2) is 9.36 Å². The average molecular weight is 407 g/mol. The number of aromatic nitrogens is 4. The second-order valence-electron chi connectivity index (χ2n) is 8.22. The highest BCUT2D eigenvalue weighted by Gasteiger charge is 2.21. The fourth-order valence-electron chi connectivity index (χ4n) is 4.33. The second-order valence-corrected chi connectivity index (χ2v) is 8.22. The molecule has 0 unspecified atom stereocenters. The average Bonchev–Trinajstić information content (AvgIpc) is 3.46. The number of carbonyl (C=O) groups excluding carboxylic acids is 1. The number of amides is 1. The van der Waals surface area contributed by atoms with Gasteiger partial charge in [-0.1, -0.05) is 31.0 Å². The van der Waals surface area contributed by atoms with Crippen LogP contribution in [0.25, 0.3) is 5.69 Å². The predicted molar refractivity (Wildman–Crippen MR) is 118 cm³/mol. The van der Waals surface area contributed by atoms with Crippen LogP contribution in [0.15, 0.2) is 42.6 Å². The summed E-state index contributed by atoms with van der Waals surface area (Å²) in [6, 6.07) is 12.4. The molecule has 1 aliphatic carbocycles. The van der Waals surface area contributed by atoms with E-state index in [-0.39, 0.29) is 5.91 Å². The number of nitrogens with zero attached hydrogens (tertiary/aromatic N) is 5. The van der Waals surface area contributed by atoms with Crippen LogP contribution in [0.4, 0.5) is 5.82 Å². The molecule has 2 heterocycles. The van der Waals surface area contributed by atoms with Crippen LogP contribution >= 0.6 is 0 Å². The summed E-state index contributed by atoms with van der Waals surface area (Å²) in [4.78, 5) is 14.7. The molecule has 1 amide bonds. The Morgan fingerprint density at radius 3 is 2.63 bits per heavy atom. The molecule has 7 heteroatoms. The summed E-state index contributed by atoms with van der Waals surface area (Å²) in [7, 11) is 1.96. The first kappa shape index (κ1) is 20.3. The van der Waals surface area contributed by atoms with E-state index in [9.17, 15) is 4.79 Å². The number of carbonyl (C=O) groups is 1. The quantitative estimate of drug-likeness (QED) is 0.647. The molecule has 158 valence electrons. The summed E-state index contributed by atoms with van der Waals surface area (Å²) in [5.41, 5.74) is 4.29. The summed E-state index contributed by atoms with van der Waals surface area (Å²) in [6.07, 6.45) is 6.50. The molecule has 30 heavy (non-hydrogen) atoms. The number of aryl methyl sites for hydroxylation is 1. The summed E-state index contributed by atoms with van der Waals surface area (Å²) < 4.78 is 3.95. The maximum absolute atomic E-state index is 12.7. The number of hydrogen-bond donors (Lipinski definition) is 1. The molecule has 0 saturated heterocycles. The highest BCUT2D eigenvalue weighted by atomic mass is 16.2. The lowest BCUT2D eigenvalue weighted by molar-refractivity contribution is -0.117. The van der Waals surface area contributed by atoms with E-state index in [1.54, 1.807) is 6.20 Å². The normalized spacial score (nSPS) is 14.5. The summed E-state index contributed by atoms with van der Waals surface area (Å²) >= 11 is 0. The SMILES string of the molecule is Cc1nn(-c2ccccc2)c(C)c1CN(C)CC(=O)Nc1ccnn1C1CCCC1. The van der Waals surface area contributed by atoms with E-state index in [1.165, 1.54) is 12.8 Å². The Kier molecular flexibility index (Phi) is 5.99. The molecule has 4 rings (SSSR count). The van der Waals surface area contributed by atoms with Gasteiger partial charge < -0.3 is 5.32 Å². The molecule has 1 fully saturated rings. The Morgan fingerprint density at radius 1 is 1.17 bits per heavy atom. The van der Waals surface area contributed by atoms with E-state index in [1.807, 2.05) is 64.6 Å². The number of likely N-dealkylation sites (N-methyl/N-ethyl adjacent to an activating group) is 1. The first-order chi connectivity index (χ1) is 14.5. The zero-order chi connectivity index (χ0) is 21.1. The fraction of sp³-hybridized carbons (Fsp3) is 0.435. The van der Waals surface area contributed by atoms with Gasteiger partial charge in [-0.05, 0) is 45.9 Å². The summed E-state index contributed by atoms with van der Waals surface area (Å²) in [5.74, 6) is 0.771. The van der Waals surface area contributed by atoms with Gasteiger partial charge in [0.1, 0.15) is 5.82 Å². The van der Waals surface area contributed by atoms with Gasteiger partial charge in [-0.15, -0.1) is 0 Å². The van der Waals surface area contributed by atoms with Gasteiger partial charge in [0.25, 0.3) is 0 Å². The van der Waals surface area contributed by atoms with Crippen molar-refractivity contribution in [1.29, 1.82) is 0 Å². The number of anilines is 1. The van der Waals surface area contributed by atoms with Gasteiger partial charge in [-0.3, -0.25) is 9.69 Å². The molecule has 1 N–H and O–H groups in total. The van der Waals surface area contributed by atoms with Crippen LogP contribution in [-0.4, -0.2) is 44.0 Å². The molecule has 0 aliphatic heterocycles. The Morgan fingerprint density at radius 2 is 1.90 bits per heavy atom. The van der Waals surface area contributed by atoms with Crippen molar-refractivity contribution >= 4 is 11.7 Å². The van der Waals surface area contributed by atoms with Crippen molar-refractivity contribution in [3.05, 3.63) is 59.5 Å². The number of rotatable bonds is 7. The van der Waals surface area contributed by atoms with Crippen LogP contribution < -0.4 is 5.32 Å². The Labute approximate surface area is 177 Å². The van der Waals surface area contributed by atoms with Crippen molar-refractivity contribution in [1.82, 2.24) is 24.5 Å². The molecule has 2 aromatic heterocycles. The molecule has 0 spiro atoms. The smallest absolute Gasteiger partial charge is 0.239 e. The fourth-order valence-corrected chi connectivity index (χ4v) is 4.33. The van der Waals surface area contributed by atoms with Gasteiger partial charge in [-0.2, -0.15) is 10.2 Å². The van der Waals surface area contributed by atoms with Crippen LogP contribution in [-0.2, 0) is 11.3 Å². The highest BCUT2D eigenvalue weighted by Crippen LogP contribution is 2.31. The summed E-state index contributed by atoms with van der Waals surface area (Å²) in [6.45, 7) is 5.08. The molecule has 1 aliphatic rings. The molecular weight excluding hydrogens is 376 g/mol. The van der Waals surface area contributed by atoms with Crippen molar-refractivity contribution in [3.63, 3.8) is 0 Å². The maximum Gasteiger partial charge on any atom is 0.239 e. The van der Waals surface area contributed by atoms with Crippen LogP contribution in [0.3, 0.4) is 0 Å². The minimum Gasteiger partial charge on any atom is -0.310 e. The zero-order valence-corrected chi connectivity index (χ0v) is 18.0. The van der Waals surface area contributed by atoms with E-state index in [2.05, 4.69) is 17.3 Å². The molecule has 0 bridgehead atoms. The van der Waals surface area contributed by atoms with E-state index in [0.29, 0.717) is 19.1 Å². The molecular formula is C23H30N6O. The molecule has 0 radical (unpaired) electrons. The van der Waals surface area contributed by atoms with Gasteiger partial charge >= 0.3 is 0 Å². The van der Waals surface area contributed by atoms with Crippen molar-refractivity contribution in [2.24, 2.45) is 0 Å². The number of benzene rings is 1. The molecule has 3 aromatic rings. The third-order valence-electron chi connectivity index (χ3n) is 5.89. The highest BCUT2D eigenvalue weighted by molar-refractivity contribution is 5.91. The number of nitrogens with one attached hydrogen (secondary N) is 1. The summed E-state index contributed by atoms with van der Waals surface area (Å²) in [5, 5.41) is 12.2. The van der Waals surface area contributed by atoms with Gasteiger partial charge in [0.2, 0.25) is 5.91 Å². The maximum atomic E-state index is 12.7. The zero-order valence-electron chi connectivity index (χ0n) is 18.0. The Bertz CT molecular complexity index is 1000. The first-order valence-corrected chi connectivity index (χ1v) is 10.7. The lowest BCUT2D eigenvalue weighted by atomic mass is 10.2. The first-order valence-electron chi connectivity index (χ1n) is 10.7. The van der Waals surface area contributed by atoms with Crippen molar-refractivity contribution < 1.29 is 4.79 Å². The van der Waals surface area contributed by atoms with Crippen LogP contribution in [0.5, 0.6) is 0 Å². The third kappa shape index (κ3) is 4.31. The van der Waals surface area contributed by atoms with Crippen molar-refractivity contribution in [2.75, 3.05) is 18.9 Å². The van der Waals surface area contributed by atoms with Crippen LogP contribution in [0, 0.1) is 13.8 Å². The van der Waals surface area contributed by atoms with E-state index in [4.69, 9.17) is 5.10 Å². The van der Waals surface area contributed by atoms with Gasteiger partial charge in [0, 0.05) is 23.9 Å². The predicted octanol–water partition coefficient (Wildman–Crippen LogP) is 3.87. The lowest BCUT2D eigenvalue weighted by Gasteiger charge is -2.18. The third-order valence-corrected chi connectivity index (χ3v) is 5.89. The van der Waals surface area contributed by atoms with Gasteiger partial charge in [0.05, 0.1) is 30.2 Å². The monoisotopic (exact) mass is 406 g/mol. The number of para-hydroxylation sites is 1. The minimum atomic E-state index is -0.0250. The molecule has 1 aromatic carbocycles. The standard InChI is InChI=1S/C23H30N6O/c1-17-21(18(2)28(26-17)19-9-5-4-6-10-19)15-27(3)16-23(30)25-22-13-14-24-29(22)20-11-7-8-12-20/h4-6,9-10,13-14,20H,7-8,11-12,15-16H2,1-3H3,(H,25,30). The van der Waals surface area contributed by atoms with Gasteiger partial charge in [0.15, 0.2) is 0 Å². The second kappa shape index (κ2) is 8.83. The van der Waals surface area contributed by atoms with Crippen molar-refractivity contribution in [3.8, 4) is 5.69 Å². The Hall–Kier alpha value is -2.93.